The number of rotatable bonds is 2. The van der Waals surface area contributed by atoms with Gasteiger partial charge in [-0.15, -0.1) is 11.8 Å². The monoisotopic (exact) mass is 229 g/mol. The van der Waals surface area contributed by atoms with Gasteiger partial charge in [0.25, 0.3) is 0 Å². The van der Waals surface area contributed by atoms with Crippen LogP contribution in [0.25, 0.3) is 0 Å². The minimum Gasteiger partial charge on any atom is -0.327 e. The number of hydrogen-bond acceptors (Lipinski definition) is 2. The summed E-state index contributed by atoms with van der Waals surface area (Å²) in [5.74, 6) is -0.758. The van der Waals surface area contributed by atoms with E-state index in [0.29, 0.717) is 4.90 Å². The van der Waals surface area contributed by atoms with Crippen LogP contribution in [-0.4, -0.2) is 11.3 Å². The molecule has 1 aliphatic carbocycles. The van der Waals surface area contributed by atoms with Gasteiger partial charge < -0.3 is 5.73 Å². The fourth-order valence-corrected chi connectivity index (χ4v) is 3.11. The average molecular weight is 229 g/mol. The van der Waals surface area contributed by atoms with Crippen molar-refractivity contribution >= 4 is 11.8 Å². The average Bonchev–Trinajstić information content (AvgIpc) is 2.58. The van der Waals surface area contributed by atoms with Crippen LogP contribution in [0.5, 0.6) is 0 Å². The van der Waals surface area contributed by atoms with Crippen molar-refractivity contribution in [2.24, 2.45) is 5.73 Å². The molecule has 1 saturated carbocycles. The smallest absolute Gasteiger partial charge is 0.136 e. The Bertz CT molecular complexity index is 356. The molecule has 0 bridgehead atoms. The molecule has 0 aromatic heterocycles. The molecule has 2 unspecified atom stereocenters. The SMILES string of the molecule is NC1CCCC1Sc1cc(F)ccc1F. The van der Waals surface area contributed by atoms with Crippen LogP contribution >= 0.6 is 11.8 Å². The Morgan fingerprint density at radius 1 is 1.27 bits per heavy atom. The van der Waals surface area contributed by atoms with Gasteiger partial charge in [-0.3, -0.25) is 0 Å². The molecule has 82 valence electrons. The molecule has 2 rings (SSSR count). The maximum atomic E-state index is 13.3. The van der Waals surface area contributed by atoms with Crippen LogP contribution in [0.2, 0.25) is 0 Å². The maximum absolute atomic E-state index is 13.3. The summed E-state index contributed by atoms with van der Waals surface area (Å²) in [4.78, 5) is 0.373. The topological polar surface area (TPSA) is 26.0 Å². The molecule has 0 aliphatic heterocycles. The molecule has 1 aliphatic rings. The molecule has 4 heteroatoms. The number of halogens is 2. The van der Waals surface area contributed by atoms with E-state index in [1.165, 1.54) is 17.8 Å². The first-order chi connectivity index (χ1) is 7.16. The number of benzene rings is 1. The van der Waals surface area contributed by atoms with E-state index in [2.05, 4.69) is 0 Å². The molecule has 2 N–H and O–H groups in total. The van der Waals surface area contributed by atoms with Gasteiger partial charge in [-0.25, -0.2) is 8.78 Å². The molecule has 2 atom stereocenters. The van der Waals surface area contributed by atoms with Crippen molar-refractivity contribution in [1.82, 2.24) is 0 Å². The van der Waals surface area contributed by atoms with Crippen LogP contribution < -0.4 is 5.73 Å². The van der Waals surface area contributed by atoms with Crippen LogP contribution in [0.15, 0.2) is 23.1 Å². The first-order valence-electron chi connectivity index (χ1n) is 5.04. The van der Waals surface area contributed by atoms with Gasteiger partial charge in [0.15, 0.2) is 0 Å². The lowest BCUT2D eigenvalue weighted by molar-refractivity contribution is 0.576. The van der Waals surface area contributed by atoms with E-state index in [1.807, 2.05) is 0 Å². The van der Waals surface area contributed by atoms with Gasteiger partial charge in [0.2, 0.25) is 0 Å². The van der Waals surface area contributed by atoms with E-state index in [1.54, 1.807) is 0 Å². The van der Waals surface area contributed by atoms with Gasteiger partial charge in [0.05, 0.1) is 0 Å². The largest absolute Gasteiger partial charge is 0.327 e. The summed E-state index contributed by atoms with van der Waals surface area (Å²) < 4.78 is 26.2. The summed E-state index contributed by atoms with van der Waals surface area (Å²) >= 11 is 1.36. The summed E-state index contributed by atoms with van der Waals surface area (Å²) in [7, 11) is 0. The molecule has 1 fully saturated rings. The second-order valence-corrected chi connectivity index (χ2v) is 5.11. The summed E-state index contributed by atoms with van der Waals surface area (Å²) in [6.07, 6.45) is 3.05. The van der Waals surface area contributed by atoms with Crippen LogP contribution in [0.4, 0.5) is 8.78 Å². The summed E-state index contributed by atoms with van der Waals surface area (Å²) in [5, 5.41) is 0.223. The van der Waals surface area contributed by atoms with Gasteiger partial charge in [-0.05, 0) is 31.0 Å². The Morgan fingerprint density at radius 3 is 2.73 bits per heavy atom. The standard InChI is InChI=1S/C11H13F2NS/c12-7-4-5-8(13)11(6-7)15-10-3-1-2-9(10)14/h4-6,9-10H,1-3,14H2. The molecule has 1 aromatic rings. The lowest BCUT2D eigenvalue weighted by atomic mass is 10.3. The van der Waals surface area contributed by atoms with E-state index >= 15 is 0 Å². The zero-order valence-electron chi connectivity index (χ0n) is 8.25. The van der Waals surface area contributed by atoms with Crippen molar-refractivity contribution in [3.63, 3.8) is 0 Å². The minimum absolute atomic E-state index is 0.109. The van der Waals surface area contributed by atoms with E-state index in [9.17, 15) is 8.78 Å². The molecule has 15 heavy (non-hydrogen) atoms. The van der Waals surface area contributed by atoms with Crippen molar-refractivity contribution in [3.8, 4) is 0 Å². The van der Waals surface area contributed by atoms with E-state index < -0.39 is 5.82 Å². The first-order valence-corrected chi connectivity index (χ1v) is 5.92. The van der Waals surface area contributed by atoms with Gasteiger partial charge >= 0.3 is 0 Å². The molecule has 0 saturated heterocycles. The van der Waals surface area contributed by atoms with Crippen molar-refractivity contribution < 1.29 is 8.78 Å². The predicted molar refractivity (Wildman–Crippen MR) is 57.8 cm³/mol. The lowest BCUT2D eigenvalue weighted by Crippen LogP contribution is -2.26. The number of thioether (sulfide) groups is 1. The Hall–Kier alpha value is -0.610. The van der Waals surface area contributed by atoms with Crippen LogP contribution in [-0.2, 0) is 0 Å². The van der Waals surface area contributed by atoms with Crippen molar-refractivity contribution in [3.05, 3.63) is 29.8 Å². The molecular weight excluding hydrogens is 216 g/mol. The van der Waals surface area contributed by atoms with Crippen molar-refractivity contribution in [2.45, 2.75) is 35.4 Å². The van der Waals surface area contributed by atoms with Crippen LogP contribution in [0.1, 0.15) is 19.3 Å². The third-order valence-electron chi connectivity index (χ3n) is 2.68. The van der Waals surface area contributed by atoms with E-state index in [0.717, 1.165) is 31.4 Å². The fourth-order valence-electron chi connectivity index (χ4n) is 1.83. The van der Waals surface area contributed by atoms with Gasteiger partial charge in [0, 0.05) is 16.2 Å². The van der Waals surface area contributed by atoms with Gasteiger partial charge in [0.1, 0.15) is 11.6 Å². The Balaban J connectivity index is 2.12. The minimum atomic E-state index is -0.398. The summed E-state index contributed by atoms with van der Waals surface area (Å²) in [5.41, 5.74) is 5.88. The van der Waals surface area contributed by atoms with Gasteiger partial charge in [-0.2, -0.15) is 0 Å². The molecule has 1 nitrogen and oxygen atoms in total. The quantitative estimate of drug-likeness (QED) is 0.843. The highest BCUT2D eigenvalue weighted by molar-refractivity contribution is 8.00. The van der Waals surface area contributed by atoms with Crippen molar-refractivity contribution in [2.75, 3.05) is 0 Å². The highest BCUT2D eigenvalue weighted by Gasteiger charge is 2.25. The third-order valence-corrected chi connectivity index (χ3v) is 4.13. The second-order valence-electron chi connectivity index (χ2n) is 3.83. The molecule has 0 radical (unpaired) electrons. The number of nitrogens with two attached hydrogens (primary N) is 1. The zero-order valence-corrected chi connectivity index (χ0v) is 9.07. The lowest BCUT2D eigenvalue weighted by Gasteiger charge is -2.14. The van der Waals surface area contributed by atoms with Crippen LogP contribution in [0, 0.1) is 11.6 Å². The number of hydrogen-bond donors (Lipinski definition) is 1. The molecule has 0 amide bonds. The van der Waals surface area contributed by atoms with Crippen molar-refractivity contribution in [1.29, 1.82) is 0 Å². The van der Waals surface area contributed by atoms with E-state index in [4.69, 9.17) is 5.73 Å². The summed E-state index contributed by atoms with van der Waals surface area (Å²) in [6, 6.07) is 3.65. The Labute approximate surface area is 92.0 Å². The first kappa shape index (κ1) is 10.9. The van der Waals surface area contributed by atoms with Crippen LogP contribution in [0.3, 0.4) is 0 Å². The fraction of sp³-hybridized carbons (Fsp3) is 0.455. The highest BCUT2D eigenvalue weighted by Crippen LogP contribution is 2.35. The van der Waals surface area contributed by atoms with Gasteiger partial charge in [-0.1, -0.05) is 6.42 Å². The second kappa shape index (κ2) is 4.49. The normalized spacial score (nSPS) is 25.8. The summed E-state index contributed by atoms with van der Waals surface area (Å²) in [6.45, 7) is 0. The zero-order chi connectivity index (χ0) is 10.8. The van der Waals surface area contributed by atoms with E-state index in [-0.39, 0.29) is 17.1 Å². The maximum Gasteiger partial charge on any atom is 0.136 e. The Kier molecular flexibility index (Phi) is 3.26. The molecule has 1 aromatic carbocycles. The molecular formula is C11H13F2NS. The molecule has 0 spiro atoms. The highest BCUT2D eigenvalue weighted by atomic mass is 32.2. The predicted octanol–water partition coefficient (Wildman–Crippen LogP) is 2.94. The third kappa shape index (κ3) is 2.49. The Morgan fingerprint density at radius 2 is 2.07 bits per heavy atom. The molecule has 0 heterocycles.